The quantitative estimate of drug-likeness (QED) is 0.536. The van der Waals surface area contributed by atoms with Crippen LogP contribution in [0, 0.1) is 0 Å². The van der Waals surface area contributed by atoms with Crippen molar-refractivity contribution in [2.24, 2.45) is 0 Å². The molecule has 2 heterocycles. The summed E-state index contributed by atoms with van der Waals surface area (Å²) in [6.07, 6.45) is 2.10. The van der Waals surface area contributed by atoms with Gasteiger partial charge in [-0.15, -0.1) is 0 Å². The molecule has 132 valence electrons. The lowest BCUT2D eigenvalue weighted by Gasteiger charge is -2.08. The Morgan fingerprint density at radius 1 is 1.04 bits per heavy atom. The summed E-state index contributed by atoms with van der Waals surface area (Å²) in [7, 11) is 3.29. The normalized spacial score (nSPS) is 11.0. The van der Waals surface area contributed by atoms with Crippen LogP contribution in [0.15, 0.2) is 60.8 Å². The molecule has 2 aromatic carbocycles. The third-order valence-electron chi connectivity index (χ3n) is 4.24. The molecule has 0 radical (unpaired) electrons. The second-order valence-corrected chi connectivity index (χ2v) is 6.76. The van der Waals surface area contributed by atoms with E-state index >= 15 is 0 Å². The summed E-state index contributed by atoms with van der Waals surface area (Å²) < 4.78 is 12.9. The number of aromatic nitrogens is 3. The van der Waals surface area contributed by atoms with E-state index in [-0.39, 0.29) is 0 Å². The van der Waals surface area contributed by atoms with Crippen LogP contribution in [0.25, 0.3) is 22.2 Å². The molecule has 4 rings (SSSR count). The SMILES string of the molecule is COc1ccc(-c2cc(CSn3ccc4ccccc43)[nH]n2)c(OC)c1. The van der Waals surface area contributed by atoms with Crippen molar-refractivity contribution in [1.29, 1.82) is 0 Å². The largest absolute Gasteiger partial charge is 0.497 e. The van der Waals surface area contributed by atoms with Gasteiger partial charge in [-0.05, 0) is 42.3 Å². The number of rotatable bonds is 6. The molecule has 5 nitrogen and oxygen atoms in total. The minimum Gasteiger partial charge on any atom is -0.497 e. The number of hydrogen-bond acceptors (Lipinski definition) is 4. The highest BCUT2D eigenvalue weighted by atomic mass is 32.2. The first-order valence-corrected chi connectivity index (χ1v) is 9.19. The van der Waals surface area contributed by atoms with E-state index in [4.69, 9.17) is 9.47 Å². The van der Waals surface area contributed by atoms with Gasteiger partial charge in [0.2, 0.25) is 0 Å². The predicted octanol–water partition coefficient (Wildman–Crippen LogP) is 4.75. The van der Waals surface area contributed by atoms with E-state index in [0.717, 1.165) is 34.2 Å². The number of para-hydroxylation sites is 1. The van der Waals surface area contributed by atoms with Crippen LogP contribution in [0.4, 0.5) is 0 Å². The van der Waals surface area contributed by atoms with Crippen molar-refractivity contribution >= 4 is 22.9 Å². The number of fused-ring (bicyclic) bond motifs is 1. The van der Waals surface area contributed by atoms with Crippen molar-refractivity contribution in [3.05, 3.63) is 66.5 Å². The number of methoxy groups -OCH3 is 2. The summed E-state index contributed by atoms with van der Waals surface area (Å²) in [5.41, 5.74) is 4.07. The average molecular weight is 365 g/mol. The summed E-state index contributed by atoms with van der Waals surface area (Å²) in [5.74, 6) is 2.30. The minimum absolute atomic E-state index is 0.742. The van der Waals surface area contributed by atoms with Crippen LogP contribution in [-0.4, -0.2) is 28.4 Å². The van der Waals surface area contributed by atoms with Crippen LogP contribution in [0.5, 0.6) is 11.5 Å². The van der Waals surface area contributed by atoms with E-state index in [1.807, 2.05) is 18.2 Å². The van der Waals surface area contributed by atoms with Crippen molar-refractivity contribution in [1.82, 2.24) is 14.2 Å². The van der Waals surface area contributed by atoms with Crippen LogP contribution in [0.2, 0.25) is 0 Å². The standard InChI is InChI=1S/C20H19N3O2S/c1-24-16-7-8-17(20(12-16)25-2)18-11-15(21-22-18)13-26-23-10-9-14-5-3-4-6-19(14)23/h3-12H,13H2,1-2H3,(H,21,22). The van der Waals surface area contributed by atoms with E-state index in [9.17, 15) is 0 Å². The van der Waals surface area contributed by atoms with Crippen molar-refractivity contribution < 1.29 is 9.47 Å². The molecule has 0 aliphatic rings. The maximum Gasteiger partial charge on any atom is 0.132 e. The van der Waals surface area contributed by atoms with Crippen molar-refractivity contribution in [3.8, 4) is 22.8 Å². The lowest BCUT2D eigenvalue weighted by atomic mass is 10.1. The second-order valence-electron chi connectivity index (χ2n) is 5.82. The molecule has 0 fully saturated rings. The fourth-order valence-electron chi connectivity index (χ4n) is 2.89. The van der Waals surface area contributed by atoms with Gasteiger partial charge >= 0.3 is 0 Å². The summed E-state index contributed by atoms with van der Waals surface area (Å²) >= 11 is 1.73. The number of nitrogens with one attached hydrogen (secondary N) is 1. The third kappa shape index (κ3) is 3.15. The van der Waals surface area contributed by atoms with Gasteiger partial charge in [-0.1, -0.05) is 18.2 Å². The maximum atomic E-state index is 5.48. The molecule has 0 spiro atoms. The van der Waals surface area contributed by atoms with Crippen LogP contribution < -0.4 is 9.47 Å². The van der Waals surface area contributed by atoms with Crippen LogP contribution in [0.1, 0.15) is 5.69 Å². The van der Waals surface area contributed by atoms with Crippen LogP contribution in [0.3, 0.4) is 0 Å². The third-order valence-corrected chi connectivity index (χ3v) is 5.28. The van der Waals surface area contributed by atoms with Gasteiger partial charge in [0.05, 0.1) is 31.2 Å². The van der Waals surface area contributed by atoms with E-state index in [0.29, 0.717) is 0 Å². The fourth-order valence-corrected chi connectivity index (χ4v) is 3.77. The molecule has 26 heavy (non-hydrogen) atoms. The number of ether oxygens (including phenoxy) is 2. The fraction of sp³-hybridized carbons (Fsp3) is 0.150. The first kappa shape index (κ1) is 16.6. The molecule has 0 saturated heterocycles. The summed E-state index contributed by atoms with van der Waals surface area (Å²) in [4.78, 5) is 0. The Hall–Kier alpha value is -2.86. The van der Waals surface area contributed by atoms with E-state index in [1.54, 1.807) is 26.2 Å². The van der Waals surface area contributed by atoms with Crippen LogP contribution >= 0.6 is 11.9 Å². The van der Waals surface area contributed by atoms with Gasteiger partial charge in [-0.25, -0.2) is 0 Å². The van der Waals surface area contributed by atoms with Gasteiger partial charge in [0.15, 0.2) is 0 Å². The number of H-pyrrole nitrogens is 1. The molecule has 0 aliphatic heterocycles. The molecular weight excluding hydrogens is 346 g/mol. The Morgan fingerprint density at radius 2 is 1.92 bits per heavy atom. The van der Waals surface area contributed by atoms with Gasteiger partial charge in [0.25, 0.3) is 0 Å². The maximum absolute atomic E-state index is 5.48. The molecule has 0 saturated carbocycles. The molecule has 0 atom stereocenters. The highest BCUT2D eigenvalue weighted by Gasteiger charge is 2.11. The number of benzene rings is 2. The second kappa shape index (κ2) is 7.17. The highest BCUT2D eigenvalue weighted by Crippen LogP contribution is 2.33. The van der Waals surface area contributed by atoms with Gasteiger partial charge in [-0.3, -0.25) is 9.07 Å². The van der Waals surface area contributed by atoms with Gasteiger partial charge in [0.1, 0.15) is 11.5 Å². The first-order chi connectivity index (χ1) is 12.8. The summed E-state index contributed by atoms with van der Waals surface area (Å²) in [5, 5.41) is 8.81. The molecule has 2 aromatic heterocycles. The van der Waals surface area contributed by atoms with Gasteiger partial charge in [-0.2, -0.15) is 5.10 Å². The molecule has 0 unspecified atom stereocenters. The lowest BCUT2D eigenvalue weighted by Crippen LogP contribution is -1.90. The molecular formula is C20H19N3O2S. The van der Waals surface area contributed by atoms with Crippen molar-refractivity contribution in [2.45, 2.75) is 5.75 Å². The molecule has 0 aliphatic carbocycles. The Kier molecular flexibility index (Phi) is 4.58. The van der Waals surface area contributed by atoms with E-state index in [2.05, 4.69) is 56.8 Å². The number of aromatic amines is 1. The lowest BCUT2D eigenvalue weighted by molar-refractivity contribution is 0.395. The molecule has 1 N–H and O–H groups in total. The number of nitrogens with zero attached hydrogens (tertiary/aromatic N) is 2. The Labute approximate surface area is 156 Å². The zero-order valence-electron chi connectivity index (χ0n) is 14.6. The minimum atomic E-state index is 0.742. The van der Waals surface area contributed by atoms with Gasteiger partial charge in [0, 0.05) is 28.9 Å². The summed E-state index contributed by atoms with van der Waals surface area (Å²) in [6.45, 7) is 0. The summed E-state index contributed by atoms with van der Waals surface area (Å²) in [6, 6.07) is 18.3. The van der Waals surface area contributed by atoms with Crippen molar-refractivity contribution in [2.75, 3.05) is 14.2 Å². The molecule has 4 aromatic rings. The smallest absolute Gasteiger partial charge is 0.132 e. The molecule has 6 heteroatoms. The Bertz CT molecular complexity index is 1040. The zero-order valence-corrected chi connectivity index (χ0v) is 15.4. The average Bonchev–Trinajstić information content (AvgIpc) is 3.32. The first-order valence-electron chi connectivity index (χ1n) is 8.24. The number of hydrogen-bond donors (Lipinski definition) is 1. The van der Waals surface area contributed by atoms with Gasteiger partial charge < -0.3 is 9.47 Å². The van der Waals surface area contributed by atoms with Crippen molar-refractivity contribution in [3.63, 3.8) is 0 Å². The van der Waals surface area contributed by atoms with E-state index < -0.39 is 0 Å². The molecule has 0 amide bonds. The zero-order chi connectivity index (χ0) is 17.9. The Balaban J connectivity index is 1.53. The highest BCUT2D eigenvalue weighted by molar-refractivity contribution is 7.97. The Morgan fingerprint density at radius 3 is 2.77 bits per heavy atom. The predicted molar refractivity (Wildman–Crippen MR) is 106 cm³/mol. The monoisotopic (exact) mass is 365 g/mol. The van der Waals surface area contributed by atoms with Crippen LogP contribution in [-0.2, 0) is 5.75 Å². The molecule has 0 bridgehead atoms. The topological polar surface area (TPSA) is 52.1 Å². The van der Waals surface area contributed by atoms with E-state index in [1.165, 1.54) is 10.9 Å².